The van der Waals surface area contributed by atoms with E-state index in [-0.39, 0.29) is 12.3 Å². The zero-order valence-corrected chi connectivity index (χ0v) is 14.7. The molecule has 2 aromatic rings. The van der Waals surface area contributed by atoms with Gasteiger partial charge in [0.15, 0.2) is 5.76 Å². The predicted molar refractivity (Wildman–Crippen MR) is 90.2 cm³/mol. The number of carbonyl (C=O) groups is 1. The SMILES string of the molecule is CCOC(=O)/C(N=Nc1ccc(OC(F)(F)F)cc1)=C(/O)c1c(F)cccc1F. The lowest BCUT2D eigenvalue weighted by atomic mass is 10.1. The summed E-state index contributed by atoms with van der Waals surface area (Å²) in [4.78, 5) is 12.0. The second-order valence-corrected chi connectivity index (χ2v) is 5.26. The molecule has 0 heterocycles. The lowest BCUT2D eigenvalue weighted by molar-refractivity contribution is -0.274. The molecule has 6 nitrogen and oxygen atoms in total. The van der Waals surface area contributed by atoms with Crippen LogP contribution in [0.15, 0.2) is 58.4 Å². The molecule has 0 bridgehead atoms. The molecule has 154 valence electrons. The van der Waals surface area contributed by atoms with Gasteiger partial charge in [-0.3, -0.25) is 0 Å². The Labute approximate surface area is 160 Å². The number of ether oxygens (including phenoxy) is 2. The third-order valence-corrected chi connectivity index (χ3v) is 3.23. The van der Waals surface area contributed by atoms with E-state index in [4.69, 9.17) is 0 Å². The van der Waals surface area contributed by atoms with E-state index in [1.807, 2.05) is 0 Å². The lowest BCUT2D eigenvalue weighted by Crippen LogP contribution is -2.16. The molecule has 0 unspecified atom stereocenters. The summed E-state index contributed by atoms with van der Waals surface area (Å²) in [6.45, 7) is 1.32. The number of hydrogen-bond acceptors (Lipinski definition) is 6. The molecular weight excluding hydrogens is 403 g/mol. The van der Waals surface area contributed by atoms with Gasteiger partial charge in [-0.2, -0.15) is 5.11 Å². The molecule has 0 spiro atoms. The van der Waals surface area contributed by atoms with E-state index in [1.165, 1.54) is 6.92 Å². The Kier molecular flexibility index (Phi) is 6.86. The molecule has 2 rings (SSSR count). The molecule has 0 amide bonds. The minimum atomic E-state index is -4.88. The highest BCUT2D eigenvalue weighted by Crippen LogP contribution is 2.27. The largest absolute Gasteiger partial charge is 0.573 e. The van der Waals surface area contributed by atoms with Crippen LogP contribution in [0, 0.1) is 11.6 Å². The van der Waals surface area contributed by atoms with Gasteiger partial charge in [0.1, 0.15) is 17.4 Å². The summed E-state index contributed by atoms with van der Waals surface area (Å²) in [5, 5.41) is 17.2. The molecule has 29 heavy (non-hydrogen) atoms. The lowest BCUT2D eigenvalue weighted by Gasteiger charge is -2.08. The maximum absolute atomic E-state index is 13.9. The van der Waals surface area contributed by atoms with Crippen LogP contribution in [0.25, 0.3) is 5.76 Å². The number of nitrogens with zero attached hydrogens (tertiary/aromatic N) is 2. The Hall–Kier alpha value is -3.50. The van der Waals surface area contributed by atoms with Crippen molar-refractivity contribution < 1.29 is 41.3 Å². The quantitative estimate of drug-likeness (QED) is 0.224. The van der Waals surface area contributed by atoms with E-state index < -0.39 is 46.7 Å². The number of esters is 1. The second-order valence-electron chi connectivity index (χ2n) is 5.26. The first-order valence-electron chi connectivity index (χ1n) is 7.94. The zero-order valence-electron chi connectivity index (χ0n) is 14.7. The van der Waals surface area contributed by atoms with Gasteiger partial charge in [-0.1, -0.05) is 6.07 Å². The summed E-state index contributed by atoms with van der Waals surface area (Å²) < 4.78 is 72.6. The van der Waals surface area contributed by atoms with E-state index in [0.717, 1.165) is 42.5 Å². The molecule has 2 aromatic carbocycles. The molecule has 11 heteroatoms. The van der Waals surface area contributed by atoms with Crippen molar-refractivity contribution in [3.8, 4) is 5.75 Å². The van der Waals surface area contributed by atoms with Crippen LogP contribution in [-0.4, -0.2) is 24.0 Å². The van der Waals surface area contributed by atoms with Crippen molar-refractivity contribution in [2.75, 3.05) is 6.61 Å². The average Bonchev–Trinajstić information content (AvgIpc) is 2.62. The molecule has 0 aromatic heterocycles. The van der Waals surface area contributed by atoms with Crippen molar-refractivity contribution in [2.45, 2.75) is 13.3 Å². The standard InChI is InChI=1S/C18H13F5N2O4/c1-2-28-17(27)15(16(26)14-12(19)4-3-5-13(14)20)25-24-10-6-8-11(9-7-10)29-18(21,22)23/h3-9,26H,2H2,1H3/b16-15-,25-24?. The van der Waals surface area contributed by atoms with Gasteiger partial charge in [0, 0.05) is 0 Å². The Morgan fingerprint density at radius 2 is 1.66 bits per heavy atom. The van der Waals surface area contributed by atoms with E-state index in [9.17, 15) is 31.9 Å². The van der Waals surface area contributed by atoms with Crippen LogP contribution in [0.4, 0.5) is 27.6 Å². The van der Waals surface area contributed by atoms with Gasteiger partial charge in [-0.25, -0.2) is 13.6 Å². The minimum absolute atomic E-state index is 0.0388. The van der Waals surface area contributed by atoms with Crippen LogP contribution in [0.3, 0.4) is 0 Å². The topological polar surface area (TPSA) is 80.5 Å². The highest BCUT2D eigenvalue weighted by atomic mass is 19.4. The molecule has 0 aliphatic heterocycles. The molecule has 0 saturated heterocycles. The van der Waals surface area contributed by atoms with E-state index in [1.54, 1.807) is 0 Å². The Morgan fingerprint density at radius 3 is 2.17 bits per heavy atom. The highest BCUT2D eigenvalue weighted by Gasteiger charge is 2.31. The van der Waals surface area contributed by atoms with Crippen molar-refractivity contribution in [1.29, 1.82) is 0 Å². The maximum Gasteiger partial charge on any atom is 0.573 e. The van der Waals surface area contributed by atoms with Crippen LogP contribution in [0.2, 0.25) is 0 Å². The fourth-order valence-corrected chi connectivity index (χ4v) is 2.05. The van der Waals surface area contributed by atoms with Crippen molar-refractivity contribution in [1.82, 2.24) is 0 Å². The number of azo groups is 1. The Balaban J connectivity index is 2.40. The van der Waals surface area contributed by atoms with Gasteiger partial charge in [-0.05, 0) is 43.3 Å². The fraction of sp³-hybridized carbons (Fsp3) is 0.167. The van der Waals surface area contributed by atoms with Crippen LogP contribution < -0.4 is 4.74 Å². The van der Waals surface area contributed by atoms with Crippen LogP contribution in [0.1, 0.15) is 12.5 Å². The first-order valence-corrected chi connectivity index (χ1v) is 7.94. The molecule has 1 N–H and O–H groups in total. The molecule has 0 aliphatic rings. The van der Waals surface area contributed by atoms with Gasteiger partial charge in [0.05, 0.1) is 17.9 Å². The van der Waals surface area contributed by atoms with E-state index in [0.29, 0.717) is 0 Å². The number of aliphatic hydroxyl groups excluding tert-OH is 1. The summed E-state index contributed by atoms with van der Waals surface area (Å²) in [7, 11) is 0. The smallest absolute Gasteiger partial charge is 0.505 e. The van der Waals surface area contributed by atoms with Gasteiger partial charge < -0.3 is 14.6 Å². The van der Waals surface area contributed by atoms with E-state index >= 15 is 0 Å². The van der Waals surface area contributed by atoms with Crippen molar-refractivity contribution in [2.24, 2.45) is 10.2 Å². The average molecular weight is 416 g/mol. The number of hydrogen-bond donors (Lipinski definition) is 1. The molecule has 0 fully saturated rings. The normalized spacial score (nSPS) is 12.6. The highest BCUT2D eigenvalue weighted by molar-refractivity contribution is 5.95. The van der Waals surface area contributed by atoms with Gasteiger partial charge in [0.2, 0.25) is 5.70 Å². The zero-order chi connectivity index (χ0) is 21.6. The molecule has 0 atom stereocenters. The summed E-state index contributed by atoms with van der Waals surface area (Å²) >= 11 is 0. The van der Waals surface area contributed by atoms with Gasteiger partial charge in [0.25, 0.3) is 0 Å². The number of carbonyl (C=O) groups excluding carboxylic acids is 1. The predicted octanol–water partition coefficient (Wildman–Crippen LogP) is 5.44. The van der Waals surface area contributed by atoms with Crippen LogP contribution in [-0.2, 0) is 9.53 Å². The van der Waals surface area contributed by atoms with Gasteiger partial charge >= 0.3 is 12.3 Å². The second kappa shape index (κ2) is 9.13. The molecule has 0 aliphatic carbocycles. The summed E-state index contributed by atoms with van der Waals surface area (Å²) in [6.07, 6.45) is -4.88. The number of alkyl halides is 3. The Morgan fingerprint density at radius 1 is 1.07 bits per heavy atom. The summed E-state index contributed by atoms with van der Waals surface area (Å²) in [5.74, 6) is -5.21. The van der Waals surface area contributed by atoms with Crippen LogP contribution >= 0.6 is 0 Å². The number of rotatable bonds is 6. The fourth-order valence-electron chi connectivity index (χ4n) is 2.05. The number of benzene rings is 2. The summed E-state index contributed by atoms with van der Waals surface area (Å²) in [5.41, 5.74) is -1.85. The monoisotopic (exact) mass is 416 g/mol. The minimum Gasteiger partial charge on any atom is -0.505 e. The third-order valence-electron chi connectivity index (χ3n) is 3.23. The summed E-state index contributed by atoms with van der Waals surface area (Å²) in [6, 6.07) is 6.79. The van der Waals surface area contributed by atoms with Gasteiger partial charge in [-0.15, -0.1) is 18.3 Å². The number of halogens is 5. The molecule has 0 radical (unpaired) electrons. The number of aliphatic hydroxyl groups is 1. The molecular formula is C18H13F5N2O4. The van der Waals surface area contributed by atoms with E-state index in [2.05, 4.69) is 19.7 Å². The van der Waals surface area contributed by atoms with Crippen molar-refractivity contribution >= 4 is 17.4 Å². The van der Waals surface area contributed by atoms with Crippen molar-refractivity contribution in [3.63, 3.8) is 0 Å². The third kappa shape index (κ3) is 5.99. The van der Waals surface area contributed by atoms with Crippen molar-refractivity contribution in [3.05, 3.63) is 65.4 Å². The maximum atomic E-state index is 13.9. The first kappa shape index (κ1) is 21.8. The van der Waals surface area contributed by atoms with Crippen LogP contribution in [0.5, 0.6) is 5.75 Å². The first-order chi connectivity index (χ1) is 13.6. The molecule has 0 saturated carbocycles. The Bertz CT molecular complexity index is 920.